The lowest BCUT2D eigenvalue weighted by atomic mass is 9.78. The molecule has 0 aromatic carbocycles. The molecule has 2 rings (SSSR count). The zero-order valence-electron chi connectivity index (χ0n) is 13.3. The summed E-state index contributed by atoms with van der Waals surface area (Å²) in [5, 5.41) is 0. The Labute approximate surface area is 119 Å². The van der Waals surface area contributed by atoms with Crippen LogP contribution in [-0.2, 0) is 9.31 Å². The van der Waals surface area contributed by atoms with E-state index in [-0.39, 0.29) is 18.3 Å². The Balaban J connectivity index is 1.91. The summed E-state index contributed by atoms with van der Waals surface area (Å²) in [6.07, 6.45) is 7.87. The summed E-state index contributed by atoms with van der Waals surface area (Å²) in [5.41, 5.74) is 1.10. The molecule has 0 atom stereocenters. The third-order valence-electron chi connectivity index (χ3n) is 5.09. The minimum Gasteiger partial charge on any atom is -0.400 e. The van der Waals surface area contributed by atoms with Crippen LogP contribution in [0.4, 0.5) is 0 Å². The minimum absolute atomic E-state index is 0.150. The second-order valence-electron chi connectivity index (χ2n) is 7.18. The van der Waals surface area contributed by atoms with Crippen LogP contribution in [0.25, 0.3) is 0 Å². The van der Waals surface area contributed by atoms with E-state index in [9.17, 15) is 0 Å². The number of allylic oxidation sites excluding steroid dienone is 1. The van der Waals surface area contributed by atoms with Gasteiger partial charge in [0.05, 0.1) is 11.2 Å². The highest BCUT2D eigenvalue weighted by molar-refractivity contribution is 6.51. The predicted octanol–water partition coefficient (Wildman–Crippen LogP) is 4.53. The van der Waals surface area contributed by atoms with Gasteiger partial charge in [0.1, 0.15) is 0 Å². The van der Waals surface area contributed by atoms with Gasteiger partial charge in [0.25, 0.3) is 0 Å². The van der Waals surface area contributed by atoms with Gasteiger partial charge in [0, 0.05) is 0 Å². The van der Waals surface area contributed by atoms with Gasteiger partial charge in [0.2, 0.25) is 0 Å². The summed E-state index contributed by atoms with van der Waals surface area (Å²) in [4.78, 5) is 0. The van der Waals surface area contributed by atoms with Crippen LogP contribution in [0.15, 0.2) is 11.5 Å². The molecule has 2 nitrogen and oxygen atoms in total. The first-order valence-corrected chi connectivity index (χ1v) is 7.89. The van der Waals surface area contributed by atoms with E-state index in [0.29, 0.717) is 0 Å². The van der Waals surface area contributed by atoms with Crippen molar-refractivity contribution >= 4 is 7.12 Å². The molecule has 1 aliphatic heterocycles. The zero-order chi connectivity index (χ0) is 14.1. The zero-order valence-corrected chi connectivity index (χ0v) is 13.3. The predicted molar refractivity (Wildman–Crippen MR) is 81.0 cm³/mol. The van der Waals surface area contributed by atoms with Crippen LogP contribution >= 0.6 is 0 Å². The van der Waals surface area contributed by atoms with Gasteiger partial charge in [-0.2, -0.15) is 0 Å². The molecule has 3 heteroatoms. The highest BCUT2D eigenvalue weighted by Gasteiger charge is 2.50. The quantitative estimate of drug-likeness (QED) is 0.697. The Morgan fingerprint density at radius 1 is 1.11 bits per heavy atom. The lowest BCUT2D eigenvalue weighted by molar-refractivity contribution is 0.00578. The molecule has 0 aromatic heterocycles. The van der Waals surface area contributed by atoms with Crippen molar-refractivity contribution < 1.29 is 9.31 Å². The third kappa shape index (κ3) is 3.43. The first-order chi connectivity index (χ1) is 8.84. The van der Waals surface area contributed by atoms with Crippen LogP contribution < -0.4 is 0 Å². The second-order valence-corrected chi connectivity index (χ2v) is 7.18. The Hall–Kier alpha value is -0.275. The summed E-state index contributed by atoms with van der Waals surface area (Å²) in [6, 6.07) is 0. The summed E-state index contributed by atoms with van der Waals surface area (Å²) in [5.74, 6) is 3.18. The summed E-state index contributed by atoms with van der Waals surface area (Å²) >= 11 is 0. The van der Waals surface area contributed by atoms with Crippen LogP contribution in [0.1, 0.15) is 73.1 Å². The van der Waals surface area contributed by atoms with Crippen molar-refractivity contribution in [1.82, 2.24) is 0 Å². The van der Waals surface area contributed by atoms with E-state index in [1.807, 2.05) is 0 Å². The van der Waals surface area contributed by atoms with Crippen LogP contribution in [-0.4, -0.2) is 18.3 Å². The molecule has 1 saturated heterocycles. The maximum absolute atomic E-state index is 6.04. The van der Waals surface area contributed by atoms with Crippen LogP contribution in [0.2, 0.25) is 0 Å². The molecule has 0 unspecified atom stereocenters. The van der Waals surface area contributed by atoms with Crippen molar-refractivity contribution in [3.63, 3.8) is 0 Å². The van der Waals surface area contributed by atoms with Gasteiger partial charge in [0.15, 0.2) is 0 Å². The van der Waals surface area contributed by atoms with Gasteiger partial charge in [-0.05, 0) is 59.3 Å². The van der Waals surface area contributed by atoms with Gasteiger partial charge in [-0.1, -0.05) is 31.3 Å². The molecule has 0 bridgehead atoms. The van der Waals surface area contributed by atoms with Crippen molar-refractivity contribution in [3.05, 3.63) is 11.5 Å². The summed E-state index contributed by atoms with van der Waals surface area (Å²) < 4.78 is 12.1. The maximum atomic E-state index is 6.04. The molecule has 1 heterocycles. The molecule has 0 radical (unpaired) electrons. The van der Waals surface area contributed by atoms with E-state index in [0.717, 1.165) is 5.92 Å². The van der Waals surface area contributed by atoms with Crippen LogP contribution in [0.3, 0.4) is 0 Å². The average molecular weight is 264 g/mol. The molecule has 0 amide bonds. The van der Waals surface area contributed by atoms with Crippen LogP contribution in [0, 0.1) is 5.92 Å². The van der Waals surface area contributed by atoms with E-state index in [4.69, 9.17) is 9.31 Å². The highest BCUT2D eigenvalue weighted by Crippen LogP contribution is 2.38. The molecule has 1 aliphatic carbocycles. The molecule has 1 saturated carbocycles. The van der Waals surface area contributed by atoms with Crippen LogP contribution in [0.5, 0.6) is 0 Å². The van der Waals surface area contributed by atoms with E-state index in [2.05, 4.69) is 40.6 Å². The summed E-state index contributed by atoms with van der Waals surface area (Å²) in [7, 11) is -0.150. The highest BCUT2D eigenvalue weighted by atomic mass is 16.7. The van der Waals surface area contributed by atoms with E-state index in [1.165, 1.54) is 44.1 Å². The van der Waals surface area contributed by atoms with E-state index < -0.39 is 0 Å². The van der Waals surface area contributed by atoms with Crippen molar-refractivity contribution in [1.29, 1.82) is 0 Å². The molecule has 0 spiro atoms. The maximum Gasteiger partial charge on any atom is 0.487 e. The van der Waals surface area contributed by atoms with Crippen molar-refractivity contribution in [3.8, 4) is 0 Å². The van der Waals surface area contributed by atoms with E-state index >= 15 is 0 Å². The standard InChI is InChI=1S/C16H29BO2/c1-6-7-13-8-10-14(11-9-13)12-17-18-15(2,3)16(4,5)19-17/h12-13H,6-11H2,1-5H3. The fourth-order valence-electron chi connectivity index (χ4n) is 3.06. The summed E-state index contributed by atoms with van der Waals surface area (Å²) in [6.45, 7) is 10.7. The molecular formula is C16H29BO2. The second kappa shape index (κ2) is 5.61. The Morgan fingerprint density at radius 2 is 1.63 bits per heavy atom. The third-order valence-corrected chi connectivity index (χ3v) is 5.09. The van der Waals surface area contributed by atoms with Crippen molar-refractivity contribution in [2.75, 3.05) is 0 Å². The number of hydrogen-bond acceptors (Lipinski definition) is 2. The fourth-order valence-corrected chi connectivity index (χ4v) is 3.06. The first-order valence-electron chi connectivity index (χ1n) is 7.89. The van der Waals surface area contributed by atoms with Gasteiger partial charge in [-0.3, -0.25) is 0 Å². The number of hydrogen-bond donors (Lipinski definition) is 0. The first kappa shape index (κ1) is 15.1. The molecule has 19 heavy (non-hydrogen) atoms. The minimum atomic E-state index is -0.214. The van der Waals surface area contributed by atoms with Crippen molar-refractivity contribution in [2.45, 2.75) is 84.3 Å². The van der Waals surface area contributed by atoms with E-state index in [1.54, 1.807) is 0 Å². The van der Waals surface area contributed by atoms with Crippen molar-refractivity contribution in [2.24, 2.45) is 5.92 Å². The van der Waals surface area contributed by atoms with Gasteiger partial charge >= 0.3 is 7.12 Å². The van der Waals surface area contributed by atoms with Gasteiger partial charge < -0.3 is 9.31 Å². The Morgan fingerprint density at radius 3 is 2.11 bits per heavy atom. The molecule has 108 valence electrons. The molecule has 0 N–H and O–H groups in total. The normalized spacial score (nSPS) is 29.6. The molecule has 2 aliphatic rings. The van der Waals surface area contributed by atoms with Gasteiger partial charge in [-0.15, -0.1) is 0 Å². The fraction of sp³-hybridized carbons (Fsp3) is 0.875. The lowest BCUT2D eigenvalue weighted by Gasteiger charge is -2.32. The SMILES string of the molecule is CCCC1CCC(=CB2OC(C)(C)C(C)(C)O2)CC1. The molecule has 2 fully saturated rings. The Bertz CT molecular complexity index is 321. The average Bonchev–Trinajstić information content (AvgIpc) is 2.50. The topological polar surface area (TPSA) is 18.5 Å². The monoisotopic (exact) mass is 264 g/mol. The largest absolute Gasteiger partial charge is 0.487 e. The van der Waals surface area contributed by atoms with Gasteiger partial charge in [-0.25, -0.2) is 0 Å². The smallest absolute Gasteiger partial charge is 0.400 e. The molecular weight excluding hydrogens is 235 g/mol. The molecule has 0 aromatic rings. The Kier molecular flexibility index (Phi) is 4.47. The number of rotatable bonds is 3. The lowest BCUT2D eigenvalue weighted by Crippen LogP contribution is -2.41.